The molecule has 0 aromatic rings. The van der Waals surface area contributed by atoms with Crippen molar-refractivity contribution >= 4 is 11.6 Å². The van der Waals surface area contributed by atoms with Gasteiger partial charge in [-0.15, -0.1) is 0 Å². The molecular formula is C24H26O2. The summed E-state index contributed by atoms with van der Waals surface area (Å²) in [6.45, 7) is 18.2. The minimum absolute atomic E-state index is 0.208. The Bertz CT molecular complexity index is 760. The summed E-state index contributed by atoms with van der Waals surface area (Å²) in [5, 5.41) is 0. The van der Waals surface area contributed by atoms with Gasteiger partial charge in [0.05, 0.1) is 0 Å². The third-order valence-corrected chi connectivity index (χ3v) is 3.20. The quantitative estimate of drug-likeness (QED) is 0.354. The van der Waals surface area contributed by atoms with Crippen LogP contribution in [-0.2, 0) is 9.59 Å². The zero-order valence-electron chi connectivity index (χ0n) is 15.6. The van der Waals surface area contributed by atoms with Gasteiger partial charge in [0.2, 0.25) is 0 Å². The number of hydrogen-bond donors (Lipinski definition) is 0. The minimum Gasteiger partial charge on any atom is -0.289 e. The smallest absolute Gasteiger partial charge is 0.192 e. The Labute approximate surface area is 157 Å². The van der Waals surface area contributed by atoms with E-state index in [2.05, 4.69) is 26.3 Å². The van der Waals surface area contributed by atoms with Gasteiger partial charge in [0.15, 0.2) is 11.6 Å². The summed E-state index contributed by atoms with van der Waals surface area (Å²) in [4.78, 5) is 25.1. The molecule has 0 rings (SSSR count). The van der Waals surface area contributed by atoms with Gasteiger partial charge >= 0.3 is 0 Å². The van der Waals surface area contributed by atoms with E-state index in [9.17, 15) is 9.59 Å². The van der Waals surface area contributed by atoms with Crippen LogP contribution in [0.4, 0.5) is 0 Å². The number of allylic oxidation sites excluding steroid dienone is 16. The van der Waals surface area contributed by atoms with Crippen LogP contribution in [0.1, 0.15) is 13.8 Å². The molecule has 0 aromatic heterocycles. The Kier molecular flexibility index (Phi) is 11.4. The lowest BCUT2D eigenvalue weighted by molar-refractivity contribution is -0.112. The SMILES string of the molecule is C=C/C=C\C=C(/C)C(=O)C(/C=C(\C=C)C(=O)C(=C)/C=C\C=C/C)=C/C=C. The molecule has 26 heavy (non-hydrogen) atoms. The first kappa shape index (κ1) is 22.7. The van der Waals surface area contributed by atoms with Crippen LogP contribution in [0.15, 0.2) is 122 Å². The number of carbonyl (C=O) groups is 2. The second-order valence-electron chi connectivity index (χ2n) is 5.20. The Balaban J connectivity index is 5.75. The molecule has 0 aliphatic heterocycles. The van der Waals surface area contributed by atoms with Crippen molar-refractivity contribution < 1.29 is 9.59 Å². The second-order valence-corrected chi connectivity index (χ2v) is 5.20. The fraction of sp³-hybridized carbons (Fsp3) is 0.0833. The molecule has 0 aliphatic rings. The van der Waals surface area contributed by atoms with Crippen LogP contribution in [0.2, 0.25) is 0 Å². The summed E-state index contributed by atoms with van der Waals surface area (Å²) >= 11 is 0. The molecular weight excluding hydrogens is 320 g/mol. The summed E-state index contributed by atoms with van der Waals surface area (Å²) in [6.07, 6.45) is 19.7. The van der Waals surface area contributed by atoms with Crippen LogP contribution < -0.4 is 0 Å². The number of carbonyl (C=O) groups excluding carboxylic acids is 2. The normalized spacial score (nSPS) is 13.4. The number of ketones is 2. The summed E-state index contributed by atoms with van der Waals surface area (Å²) in [7, 11) is 0. The molecule has 0 saturated heterocycles. The predicted molar refractivity (Wildman–Crippen MR) is 113 cm³/mol. The average Bonchev–Trinajstić information content (AvgIpc) is 2.64. The predicted octanol–water partition coefficient (Wildman–Crippen LogP) is 5.73. The molecule has 0 saturated carbocycles. The molecule has 0 unspecified atom stereocenters. The Morgan fingerprint density at radius 2 is 1.50 bits per heavy atom. The zero-order valence-corrected chi connectivity index (χ0v) is 15.6. The second kappa shape index (κ2) is 13.1. The molecule has 0 atom stereocenters. The highest BCUT2D eigenvalue weighted by atomic mass is 16.1. The fourth-order valence-electron chi connectivity index (χ4n) is 1.83. The van der Waals surface area contributed by atoms with Crippen LogP contribution in [0.3, 0.4) is 0 Å². The van der Waals surface area contributed by atoms with Crippen LogP contribution in [0.25, 0.3) is 0 Å². The molecule has 2 nitrogen and oxygen atoms in total. The van der Waals surface area contributed by atoms with Gasteiger partial charge in [-0.05, 0) is 25.5 Å². The third kappa shape index (κ3) is 8.02. The molecule has 0 radical (unpaired) electrons. The van der Waals surface area contributed by atoms with E-state index in [0.717, 1.165) is 0 Å². The van der Waals surface area contributed by atoms with Gasteiger partial charge in [0.25, 0.3) is 0 Å². The number of hydrogen-bond acceptors (Lipinski definition) is 2. The average molecular weight is 346 g/mol. The third-order valence-electron chi connectivity index (χ3n) is 3.20. The van der Waals surface area contributed by atoms with Gasteiger partial charge in [-0.3, -0.25) is 9.59 Å². The zero-order chi connectivity index (χ0) is 19.9. The van der Waals surface area contributed by atoms with Crippen molar-refractivity contribution in [3.63, 3.8) is 0 Å². The molecule has 0 N–H and O–H groups in total. The molecule has 0 fully saturated rings. The molecule has 0 heterocycles. The Hall–Kier alpha value is -3.26. The van der Waals surface area contributed by atoms with Crippen LogP contribution in [-0.4, -0.2) is 11.6 Å². The first-order valence-electron chi connectivity index (χ1n) is 8.13. The van der Waals surface area contributed by atoms with Crippen LogP contribution in [0, 0.1) is 0 Å². The number of rotatable bonds is 11. The largest absolute Gasteiger partial charge is 0.289 e. The summed E-state index contributed by atoms with van der Waals surface area (Å²) in [5.74, 6) is -0.502. The standard InChI is InChI=1S/C24H26O2/c1-7-11-13-16-19(5)23(25)21(10-4)18-22(15-9-3)24(26)20(6)17-14-12-8-2/h7-18H,2-5H2,1,6H3/b11-7-,14-12-,16-13-,20-17+,21-18+,22-15+. The van der Waals surface area contributed by atoms with Crippen molar-refractivity contribution in [1.29, 1.82) is 0 Å². The van der Waals surface area contributed by atoms with Gasteiger partial charge in [-0.2, -0.15) is 0 Å². The molecule has 0 aliphatic carbocycles. The fourth-order valence-corrected chi connectivity index (χ4v) is 1.83. The van der Waals surface area contributed by atoms with E-state index < -0.39 is 0 Å². The van der Waals surface area contributed by atoms with E-state index in [1.54, 1.807) is 55.5 Å². The maximum Gasteiger partial charge on any atom is 0.192 e. The van der Waals surface area contributed by atoms with E-state index in [1.165, 1.54) is 18.2 Å². The van der Waals surface area contributed by atoms with Gasteiger partial charge in [-0.1, -0.05) is 93.2 Å². The van der Waals surface area contributed by atoms with Gasteiger partial charge < -0.3 is 0 Å². The maximum atomic E-state index is 12.6. The van der Waals surface area contributed by atoms with Crippen molar-refractivity contribution in [3.05, 3.63) is 122 Å². The van der Waals surface area contributed by atoms with Crippen molar-refractivity contribution in [1.82, 2.24) is 0 Å². The lowest BCUT2D eigenvalue weighted by Gasteiger charge is -2.05. The molecule has 134 valence electrons. The summed E-state index contributed by atoms with van der Waals surface area (Å²) in [6, 6.07) is 0. The first-order chi connectivity index (χ1) is 12.4. The Morgan fingerprint density at radius 1 is 0.808 bits per heavy atom. The monoisotopic (exact) mass is 346 g/mol. The van der Waals surface area contributed by atoms with E-state index in [0.29, 0.717) is 16.7 Å². The van der Waals surface area contributed by atoms with E-state index >= 15 is 0 Å². The van der Waals surface area contributed by atoms with E-state index in [-0.39, 0.29) is 17.1 Å². The lowest BCUT2D eigenvalue weighted by atomic mass is 9.97. The van der Waals surface area contributed by atoms with Gasteiger partial charge in [0.1, 0.15) is 0 Å². The maximum absolute atomic E-state index is 12.6. The Morgan fingerprint density at radius 3 is 2.04 bits per heavy atom. The molecule has 0 bridgehead atoms. The van der Waals surface area contributed by atoms with E-state index in [1.807, 2.05) is 13.0 Å². The molecule has 0 amide bonds. The van der Waals surface area contributed by atoms with Gasteiger partial charge in [0, 0.05) is 16.7 Å². The molecule has 0 aromatic carbocycles. The first-order valence-corrected chi connectivity index (χ1v) is 8.13. The van der Waals surface area contributed by atoms with E-state index in [4.69, 9.17) is 0 Å². The lowest BCUT2D eigenvalue weighted by Crippen LogP contribution is -2.07. The topological polar surface area (TPSA) is 34.1 Å². The molecule has 2 heteroatoms. The van der Waals surface area contributed by atoms with Crippen molar-refractivity contribution in [3.8, 4) is 0 Å². The highest BCUT2D eigenvalue weighted by Gasteiger charge is 2.13. The molecule has 0 spiro atoms. The van der Waals surface area contributed by atoms with Crippen LogP contribution in [0.5, 0.6) is 0 Å². The van der Waals surface area contributed by atoms with Crippen molar-refractivity contribution in [2.45, 2.75) is 13.8 Å². The minimum atomic E-state index is -0.295. The number of Topliss-reactive ketones (excluding diaryl/α,β-unsaturated/α-hetero) is 2. The summed E-state index contributed by atoms with van der Waals surface area (Å²) in [5.41, 5.74) is 1.46. The van der Waals surface area contributed by atoms with Crippen LogP contribution >= 0.6 is 0 Å². The van der Waals surface area contributed by atoms with Crippen molar-refractivity contribution in [2.24, 2.45) is 0 Å². The highest BCUT2D eigenvalue weighted by molar-refractivity contribution is 6.15. The van der Waals surface area contributed by atoms with Gasteiger partial charge in [-0.25, -0.2) is 0 Å². The van der Waals surface area contributed by atoms with Crippen molar-refractivity contribution in [2.75, 3.05) is 0 Å². The summed E-state index contributed by atoms with van der Waals surface area (Å²) < 4.78 is 0. The highest BCUT2D eigenvalue weighted by Crippen LogP contribution is 2.15.